The molecule has 2 N–H and O–H groups in total. The van der Waals surface area contributed by atoms with Crippen molar-refractivity contribution in [2.45, 2.75) is 25.4 Å². The summed E-state index contributed by atoms with van der Waals surface area (Å²) in [4.78, 5) is 16.3. The van der Waals surface area contributed by atoms with E-state index in [9.17, 15) is 4.79 Å². The Kier molecular flexibility index (Phi) is 3.62. The summed E-state index contributed by atoms with van der Waals surface area (Å²) in [5, 5.41) is 0. The zero-order chi connectivity index (χ0) is 14.8. The summed E-state index contributed by atoms with van der Waals surface area (Å²) in [7, 11) is 1.55. The molecule has 0 aliphatic heterocycles. The molecule has 0 amide bonds. The van der Waals surface area contributed by atoms with E-state index in [1.165, 1.54) is 0 Å². The van der Waals surface area contributed by atoms with E-state index in [1.54, 1.807) is 36.2 Å². The Morgan fingerprint density at radius 2 is 2.19 bits per heavy atom. The average Bonchev–Trinajstić information content (AvgIpc) is 3.34. The Morgan fingerprint density at radius 3 is 2.86 bits per heavy atom. The quantitative estimate of drug-likeness (QED) is 0.907. The molecule has 0 radical (unpaired) electrons. The number of hydrogen-bond acceptors (Lipinski definition) is 5. The van der Waals surface area contributed by atoms with Crippen molar-refractivity contribution >= 4 is 0 Å². The molecule has 1 saturated carbocycles. The van der Waals surface area contributed by atoms with Crippen LogP contribution in [-0.2, 0) is 6.54 Å². The van der Waals surface area contributed by atoms with Crippen molar-refractivity contribution in [3.63, 3.8) is 0 Å². The van der Waals surface area contributed by atoms with Crippen molar-refractivity contribution < 1.29 is 9.47 Å². The molecule has 0 saturated heterocycles. The van der Waals surface area contributed by atoms with E-state index in [-0.39, 0.29) is 17.5 Å². The van der Waals surface area contributed by atoms with Crippen LogP contribution in [0.4, 0.5) is 0 Å². The highest BCUT2D eigenvalue weighted by molar-refractivity contribution is 5.44. The molecule has 1 aromatic carbocycles. The topological polar surface area (TPSA) is 79.4 Å². The Hall–Kier alpha value is -2.34. The number of nitrogens with zero attached hydrogens (tertiary/aromatic N) is 2. The maximum atomic E-state index is 12.3. The second kappa shape index (κ2) is 5.57. The molecule has 1 aliphatic rings. The summed E-state index contributed by atoms with van der Waals surface area (Å²) in [6.45, 7) is 0.411. The molecule has 1 aliphatic carbocycles. The van der Waals surface area contributed by atoms with Gasteiger partial charge in [-0.15, -0.1) is 0 Å². The highest BCUT2D eigenvalue weighted by Crippen LogP contribution is 2.34. The van der Waals surface area contributed by atoms with E-state index in [4.69, 9.17) is 15.2 Å². The molecule has 0 unspecified atom stereocenters. The normalized spacial score (nSPS) is 14.0. The number of methoxy groups -OCH3 is 1. The predicted molar refractivity (Wildman–Crippen MR) is 77.7 cm³/mol. The molecule has 0 spiro atoms. The minimum atomic E-state index is -0.218. The van der Waals surface area contributed by atoms with Crippen molar-refractivity contribution in [3.05, 3.63) is 46.5 Å². The van der Waals surface area contributed by atoms with Gasteiger partial charge in [-0.2, -0.15) is 0 Å². The second-order valence-corrected chi connectivity index (χ2v) is 4.97. The summed E-state index contributed by atoms with van der Waals surface area (Å²) in [5.74, 6) is 1.04. The van der Waals surface area contributed by atoms with E-state index in [1.807, 2.05) is 6.07 Å². The fourth-order valence-corrected chi connectivity index (χ4v) is 2.14. The van der Waals surface area contributed by atoms with Gasteiger partial charge in [0, 0.05) is 25.0 Å². The zero-order valence-corrected chi connectivity index (χ0v) is 11.8. The van der Waals surface area contributed by atoms with Gasteiger partial charge in [-0.05, 0) is 30.5 Å². The van der Waals surface area contributed by atoms with Crippen LogP contribution in [0.5, 0.6) is 17.4 Å². The van der Waals surface area contributed by atoms with Crippen LogP contribution in [0, 0.1) is 0 Å². The fraction of sp³-hybridized carbons (Fsp3) is 0.333. The van der Waals surface area contributed by atoms with E-state index < -0.39 is 0 Å². The van der Waals surface area contributed by atoms with Crippen LogP contribution in [0.15, 0.2) is 35.4 Å². The number of hydrogen-bond donors (Lipinski definition) is 1. The lowest BCUT2D eigenvalue weighted by atomic mass is 10.2. The molecule has 0 bridgehead atoms. The number of benzene rings is 1. The van der Waals surface area contributed by atoms with Crippen molar-refractivity contribution in [1.82, 2.24) is 9.55 Å². The molecule has 1 fully saturated rings. The molecular weight excluding hydrogens is 270 g/mol. The smallest absolute Gasteiger partial charge is 0.313 e. The maximum absolute atomic E-state index is 12.3. The minimum Gasteiger partial charge on any atom is -0.493 e. The second-order valence-electron chi connectivity index (χ2n) is 4.97. The minimum absolute atomic E-state index is 0.0585. The molecular formula is C15H17N3O3. The highest BCUT2D eigenvalue weighted by Gasteiger charge is 2.25. The lowest BCUT2D eigenvalue weighted by Gasteiger charge is -2.11. The van der Waals surface area contributed by atoms with Gasteiger partial charge in [-0.25, -0.2) is 4.98 Å². The van der Waals surface area contributed by atoms with Crippen LogP contribution < -0.4 is 20.8 Å². The fourth-order valence-electron chi connectivity index (χ4n) is 2.14. The first-order valence-electron chi connectivity index (χ1n) is 6.85. The number of ether oxygens (including phenoxy) is 2. The molecule has 6 heteroatoms. The summed E-state index contributed by atoms with van der Waals surface area (Å²) in [6, 6.07) is 5.64. The SMILES string of the molecule is COc1cc(CN)ccc1Oc1nccn(C2CC2)c1=O. The number of nitrogens with two attached hydrogens (primary N) is 1. The summed E-state index contributed by atoms with van der Waals surface area (Å²) in [5.41, 5.74) is 6.31. The molecule has 1 aromatic heterocycles. The average molecular weight is 287 g/mol. The van der Waals surface area contributed by atoms with Crippen molar-refractivity contribution in [1.29, 1.82) is 0 Å². The van der Waals surface area contributed by atoms with Gasteiger partial charge in [0.05, 0.1) is 7.11 Å². The summed E-state index contributed by atoms with van der Waals surface area (Å²) >= 11 is 0. The van der Waals surface area contributed by atoms with Crippen molar-refractivity contribution in [2.75, 3.05) is 7.11 Å². The van der Waals surface area contributed by atoms with Gasteiger partial charge in [0.25, 0.3) is 5.88 Å². The van der Waals surface area contributed by atoms with E-state index in [0.717, 1.165) is 18.4 Å². The van der Waals surface area contributed by atoms with E-state index >= 15 is 0 Å². The van der Waals surface area contributed by atoms with Crippen LogP contribution in [0.2, 0.25) is 0 Å². The monoisotopic (exact) mass is 287 g/mol. The van der Waals surface area contributed by atoms with Gasteiger partial charge in [0.15, 0.2) is 11.5 Å². The standard InChI is InChI=1S/C15H17N3O3/c1-20-13-8-10(9-16)2-5-12(13)21-14-15(19)18(7-6-17-14)11-3-4-11/h2,5-8,11H,3-4,9,16H2,1H3. The first-order valence-corrected chi connectivity index (χ1v) is 6.85. The molecule has 3 rings (SSSR count). The van der Waals surface area contributed by atoms with Crippen LogP contribution in [0.1, 0.15) is 24.4 Å². The van der Waals surface area contributed by atoms with Gasteiger partial charge in [-0.1, -0.05) is 6.07 Å². The predicted octanol–water partition coefficient (Wildman–Crippen LogP) is 1.84. The van der Waals surface area contributed by atoms with Gasteiger partial charge in [-0.3, -0.25) is 4.79 Å². The lowest BCUT2D eigenvalue weighted by molar-refractivity contribution is 0.369. The number of aromatic nitrogens is 2. The van der Waals surface area contributed by atoms with Gasteiger partial charge < -0.3 is 19.8 Å². The van der Waals surface area contributed by atoms with Crippen LogP contribution in [0.25, 0.3) is 0 Å². The molecule has 1 heterocycles. The third-order valence-electron chi connectivity index (χ3n) is 3.45. The zero-order valence-electron chi connectivity index (χ0n) is 11.8. The van der Waals surface area contributed by atoms with E-state index in [2.05, 4.69) is 4.98 Å². The van der Waals surface area contributed by atoms with Crippen LogP contribution >= 0.6 is 0 Å². The molecule has 0 atom stereocenters. The first-order chi connectivity index (χ1) is 10.2. The molecule has 6 nitrogen and oxygen atoms in total. The van der Waals surface area contributed by atoms with Gasteiger partial charge in [0.2, 0.25) is 0 Å². The largest absolute Gasteiger partial charge is 0.493 e. The van der Waals surface area contributed by atoms with Crippen LogP contribution in [-0.4, -0.2) is 16.7 Å². The molecule has 21 heavy (non-hydrogen) atoms. The lowest BCUT2D eigenvalue weighted by Crippen LogP contribution is -2.20. The Morgan fingerprint density at radius 1 is 1.38 bits per heavy atom. The highest BCUT2D eigenvalue weighted by atomic mass is 16.5. The summed E-state index contributed by atoms with van der Waals surface area (Å²) < 4.78 is 12.6. The van der Waals surface area contributed by atoms with Crippen molar-refractivity contribution in [3.8, 4) is 17.4 Å². The third-order valence-corrected chi connectivity index (χ3v) is 3.45. The van der Waals surface area contributed by atoms with Gasteiger partial charge in [0.1, 0.15) is 0 Å². The van der Waals surface area contributed by atoms with Gasteiger partial charge >= 0.3 is 5.56 Å². The maximum Gasteiger partial charge on any atom is 0.313 e. The Balaban J connectivity index is 1.93. The van der Waals surface area contributed by atoms with E-state index in [0.29, 0.717) is 18.0 Å². The number of rotatable bonds is 5. The van der Waals surface area contributed by atoms with Crippen molar-refractivity contribution in [2.24, 2.45) is 5.73 Å². The first kappa shape index (κ1) is 13.6. The summed E-state index contributed by atoms with van der Waals surface area (Å²) in [6.07, 6.45) is 5.33. The molecule has 110 valence electrons. The Labute approximate surface area is 122 Å². The third kappa shape index (κ3) is 2.75. The Bertz CT molecular complexity index is 708. The van der Waals surface area contributed by atoms with Crippen LogP contribution in [0.3, 0.4) is 0 Å². The molecule has 2 aromatic rings.